The molecule has 2 aromatic rings. The molecule has 0 bridgehead atoms. The van der Waals surface area contributed by atoms with Crippen molar-refractivity contribution in [3.05, 3.63) is 40.6 Å². The minimum absolute atomic E-state index is 0.124. The molecule has 0 unspecified atom stereocenters. The SMILES string of the molecule is CCCOc1cncc(C(=O)c2cscn2)c1. The highest BCUT2D eigenvalue weighted by Gasteiger charge is 2.12. The Morgan fingerprint density at radius 1 is 1.47 bits per heavy atom. The number of thiazole rings is 1. The molecule has 2 rings (SSSR count). The first-order valence-corrected chi connectivity index (χ1v) is 6.26. The number of ketones is 1. The van der Waals surface area contributed by atoms with Crippen LogP contribution in [-0.4, -0.2) is 22.4 Å². The van der Waals surface area contributed by atoms with E-state index in [0.29, 0.717) is 23.6 Å². The third-order valence-electron chi connectivity index (χ3n) is 2.11. The first-order chi connectivity index (χ1) is 8.31. The zero-order chi connectivity index (χ0) is 12.1. The van der Waals surface area contributed by atoms with Gasteiger partial charge in [0.2, 0.25) is 5.78 Å². The standard InChI is InChI=1S/C12H12N2O2S/c1-2-3-16-10-4-9(5-13-6-10)12(15)11-7-17-8-14-11/h4-8H,2-3H2,1H3. The maximum absolute atomic E-state index is 12.0. The second-order valence-corrected chi connectivity index (χ2v) is 4.18. The van der Waals surface area contributed by atoms with Crippen LogP contribution < -0.4 is 4.74 Å². The molecule has 0 N–H and O–H groups in total. The number of carbonyl (C=O) groups is 1. The molecule has 0 amide bonds. The van der Waals surface area contributed by atoms with Crippen LogP contribution in [0.1, 0.15) is 29.4 Å². The molecule has 0 aliphatic heterocycles. The highest BCUT2D eigenvalue weighted by molar-refractivity contribution is 7.07. The zero-order valence-corrected chi connectivity index (χ0v) is 10.2. The number of hydrogen-bond acceptors (Lipinski definition) is 5. The second kappa shape index (κ2) is 5.54. The molecule has 0 aromatic carbocycles. The number of ether oxygens (including phenoxy) is 1. The molecular formula is C12H12N2O2S. The van der Waals surface area contributed by atoms with Gasteiger partial charge >= 0.3 is 0 Å². The van der Waals surface area contributed by atoms with E-state index in [0.717, 1.165) is 6.42 Å². The molecule has 5 heteroatoms. The molecule has 4 nitrogen and oxygen atoms in total. The van der Waals surface area contributed by atoms with Crippen molar-refractivity contribution in [3.63, 3.8) is 0 Å². The first kappa shape index (κ1) is 11.7. The highest BCUT2D eigenvalue weighted by Crippen LogP contribution is 2.15. The van der Waals surface area contributed by atoms with Crippen LogP contribution in [-0.2, 0) is 0 Å². The Morgan fingerprint density at radius 2 is 2.35 bits per heavy atom. The molecule has 0 spiro atoms. The molecule has 2 heterocycles. The summed E-state index contributed by atoms with van der Waals surface area (Å²) in [7, 11) is 0. The van der Waals surface area contributed by atoms with E-state index in [1.165, 1.54) is 17.5 Å². The molecule has 0 fully saturated rings. The largest absolute Gasteiger partial charge is 0.492 e. The summed E-state index contributed by atoms with van der Waals surface area (Å²) in [6.07, 6.45) is 4.05. The Morgan fingerprint density at radius 3 is 3.06 bits per heavy atom. The number of nitrogens with zero attached hydrogens (tertiary/aromatic N) is 2. The molecule has 2 aromatic heterocycles. The van der Waals surface area contributed by atoms with E-state index in [2.05, 4.69) is 9.97 Å². The lowest BCUT2D eigenvalue weighted by Crippen LogP contribution is -2.03. The zero-order valence-electron chi connectivity index (χ0n) is 9.42. The van der Waals surface area contributed by atoms with Gasteiger partial charge in [-0.15, -0.1) is 11.3 Å². The molecule has 0 aliphatic rings. The van der Waals surface area contributed by atoms with Crippen LogP contribution in [0.15, 0.2) is 29.4 Å². The summed E-state index contributed by atoms with van der Waals surface area (Å²) in [5.41, 5.74) is 2.59. The summed E-state index contributed by atoms with van der Waals surface area (Å²) in [6.45, 7) is 2.65. The fraction of sp³-hybridized carbons (Fsp3) is 0.250. The van der Waals surface area contributed by atoms with Gasteiger partial charge in [-0.05, 0) is 12.5 Å². The highest BCUT2D eigenvalue weighted by atomic mass is 32.1. The van der Waals surface area contributed by atoms with Crippen molar-refractivity contribution in [2.45, 2.75) is 13.3 Å². The smallest absolute Gasteiger partial charge is 0.213 e. The molecular weight excluding hydrogens is 236 g/mol. The number of aromatic nitrogens is 2. The van der Waals surface area contributed by atoms with Gasteiger partial charge in [-0.3, -0.25) is 9.78 Å². The van der Waals surface area contributed by atoms with Crippen LogP contribution in [0.4, 0.5) is 0 Å². The monoisotopic (exact) mass is 248 g/mol. The lowest BCUT2D eigenvalue weighted by Gasteiger charge is -2.04. The Labute approximate surface area is 103 Å². The third-order valence-corrected chi connectivity index (χ3v) is 2.70. The summed E-state index contributed by atoms with van der Waals surface area (Å²) in [6, 6.07) is 1.70. The fourth-order valence-corrected chi connectivity index (χ4v) is 1.85. The van der Waals surface area contributed by atoms with Crippen molar-refractivity contribution in [2.75, 3.05) is 6.61 Å². The predicted molar refractivity (Wildman–Crippen MR) is 65.6 cm³/mol. The fourth-order valence-electron chi connectivity index (χ4n) is 1.31. The van der Waals surface area contributed by atoms with Gasteiger partial charge in [0.25, 0.3) is 0 Å². The normalized spacial score (nSPS) is 10.2. The second-order valence-electron chi connectivity index (χ2n) is 3.46. The first-order valence-electron chi connectivity index (χ1n) is 5.32. The topological polar surface area (TPSA) is 52.1 Å². The average molecular weight is 248 g/mol. The summed E-state index contributed by atoms with van der Waals surface area (Å²) in [4.78, 5) is 20.0. The summed E-state index contributed by atoms with van der Waals surface area (Å²) < 4.78 is 5.43. The van der Waals surface area contributed by atoms with Gasteiger partial charge in [0, 0.05) is 17.1 Å². The van der Waals surface area contributed by atoms with Gasteiger partial charge in [0.15, 0.2) is 0 Å². The van der Waals surface area contributed by atoms with Gasteiger partial charge in [-0.2, -0.15) is 0 Å². The van der Waals surface area contributed by atoms with Crippen LogP contribution in [0, 0.1) is 0 Å². The van der Waals surface area contributed by atoms with Crippen molar-refractivity contribution in [1.82, 2.24) is 9.97 Å². The van der Waals surface area contributed by atoms with Crippen LogP contribution in [0.3, 0.4) is 0 Å². The third kappa shape index (κ3) is 2.88. The molecule has 0 radical (unpaired) electrons. The molecule has 0 aliphatic carbocycles. The molecule has 0 atom stereocenters. The Bertz CT molecular complexity index is 497. The van der Waals surface area contributed by atoms with Crippen LogP contribution in [0.2, 0.25) is 0 Å². The number of pyridine rings is 1. The van der Waals surface area contributed by atoms with Crippen LogP contribution in [0.5, 0.6) is 5.75 Å². The minimum atomic E-state index is -0.124. The van der Waals surface area contributed by atoms with Crippen molar-refractivity contribution in [3.8, 4) is 5.75 Å². The van der Waals surface area contributed by atoms with E-state index in [-0.39, 0.29) is 5.78 Å². The van der Waals surface area contributed by atoms with Crippen molar-refractivity contribution in [1.29, 1.82) is 0 Å². The van der Waals surface area contributed by atoms with Crippen LogP contribution >= 0.6 is 11.3 Å². The summed E-state index contributed by atoms with van der Waals surface area (Å²) >= 11 is 1.40. The van der Waals surface area contributed by atoms with Gasteiger partial charge < -0.3 is 4.74 Å². The predicted octanol–water partition coefficient (Wildman–Crippen LogP) is 2.56. The van der Waals surface area contributed by atoms with Crippen molar-refractivity contribution >= 4 is 17.1 Å². The molecule has 0 saturated heterocycles. The number of hydrogen-bond donors (Lipinski definition) is 0. The molecule has 17 heavy (non-hydrogen) atoms. The Kier molecular flexibility index (Phi) is 3.82. The minimum Gasteiger partial charge on any atom is -0.492 e. The van der Waals surface area contributed by atoms with Crippen molar-refractivity contribution in [2.24, 2.45) is 0 Å². The lowest BCUT2D eigenvalue weighted by atomic mass is 10.1. The molecule has 88 valence electrons. The van der Waals surface area contributed by atoms with Gasteiger partial charge in [0.1, 0.15) is 11.4 Å². The Hall–Kier alpha value is -1.75. The lowest BCUT2D eigenvalue weighted by molar-refractivity contribution is 0.103. The average Bonchev–Trinajstić information content (AvgIpc) is 2.89. The van der Waals surface area contributed by atoms with E-state index < -0.39 is 0 Å². The van der Waals surface area contributed by atoms with Gasteiger partial charge in [0.05, 0.1) is 18.3 Å². The quantitative estimate of drug-likeness (QED) is 0.763. The van der Waals surface area contributed by atoms with E-state index in [1.54, 1.807) is 23.2 Å². The number of rotatable bonds is 5. The van der Waals surface area contributed by atoms with E-state index >= 15 is 0 Å². The van der Waals surface area contributed by atoms with Gasteiger partial charge in [-0.1, -0.05) is 6.92 Å². The van der Waals surface area contributed by atoms with Crippen LogP contribution in [0.25, 0.3) is 0 Å². The van der Waals surface area contributed by atoms with Gasteiger partial charge in [-0.25, -0.2) is 4.98 Å². The summed E-state index contributed by atoms with van der Waals surface area (Å²) in [5, 5.41) is 1.72. The number of carbonyl (C=O) groups excluding carboxylic acids is 1. The van der Waals surface area contributed by atoms with Crippen molar-refractivity contribution < 1.29 is 9.53 Å². The van der Waals surface area contributed by atoms with E-state index in [9.17, 15) is 4.79 Å². The van der Waals surface area contributed by atoms with E-state index in [1.807, 2.05) is 6.92 Å². The maximum Gasteiger partial charge on any atom is 0.213 e. The summed E-state index contributed by atoms with van der Waals surface area (Å²) in [5.74, 6) is 0.494. The Balaban J connectivity index is 2.18. The van der Waals surface area contributed by atoms with E-state index in [4.69, 9.17) is 4.74 Å². The maximum atomic E-state index is 12.0. The molecule has 0 saturated carbocycles.